The zero-order chi connectivity index (χ0) is 30.8. The second-order valence-electron chi connectivity index (χ2n) is 11.7. The normalized spacial score (nSPS) is 17.8. The van der Waals surface area contributed by atoms with Gasteiger partial charge in [-0.05, 0) is 86.1 Å². The van der Waals surface area contributed by atoms with Crippen LogP contribution in [0.5, 0.6) is 11.5 Å². The zero-order valence-electron chi connectivity index (χ0n) is 25.1. The molecule has 7 nitrogen and oxygen atoms in total. The number of amides is 2. The van der Waals surface area contributed by atoms with Crippen molar-refractivity contribution in [2.75, 3.05) is 34.3 Å². The molecular formula is C36H36FN3O4. The summed E-state index contributed by atoms with van der Waals surface area (Å²) >= 11 is 0. The lowest BCUT2D eigenvalue weighted by Gasteiger charge is -2.20. The summed E-state index contributed by atoms with van der Waals surface area (Å²) in [6, 6.07) is 27.2. The molecule has 2 amide bonds. The molecule has 0 aromatic heterocycles. The molecule has 1 saturated carbocycles. The number of fused-ring (bicyclic) bond motifs is 1. The van der Waals surface area contributed by atoms with Gasteiger partial charge < -0.3 is 25.0 Å². The smallest absolute Gasteiger partial charge is 0.251 e. The number of halogens is 1. The molecule has 2 atom stereocenters. The Balaban J connectivity index is 1.35. The molecule has 4 aromatic carbocycles. The highest BCUT2D eigenvalue weighted by Crippen LogP contribution is 2.49. The molecule has 1 aliphatic heterocycles. The van der Waals surface area contributed by atoms with Gasteiger partial charge in [-0.25, -0.2) is 4.39 Å². The number of hydrogen-bond acceptors (Lipinski definition) is 5. The fourth-order valence-corrected chi connectivity index (χ4v) is 5.80. The van der Waals surface area contributed by atoms with Gasteiger partial charge in [0.15, 0.2) is 0 Å². The largest absolute Gasteiger partial charge is 0.492 e. The zero-order valence-corrected chi connectivity index (χ0v) is 25.1. The molecule has 1 fully saturated rings. The number of ether oxygens (including phenoxy) is 2. The molecular weight excluding hydrogens is 557 g/mol. The van der Waals surface area contributed by atoms with Crippen LogP contribution in [-0.2, 0) is 10.3 Å². The van der Waals surface area contributed by atoms with Crippen LogP contribution in [0.2, 0.25) is 0 Å². The minimum absolute atomic E-state index is 0.156. The number of carbonyl (C=O) groups is 2. The molecule has 4 aromatic rings. The second kappa shape index (κ2) is 12.1. The lowest BCUT2D eigenvalue weighted by atomic mass is 9.88. The van der Waals surface area contributed by atoms with Gasteiger partial charge in [0.2, 0.25) is 5.91 Å². The van der Waals surface area contributed by atoms with Crippen molar-refractivity contribution in [3.63, 3.8) is 0 Å². The molecule has 44 heavy (non-hydrogen) atoms. The minimum Gasteiger partial charge on any atom is -0.492 e. The van der Waals surface area contributed by atoms with E-state index in [0.29, 0.717) is 34.8 Å². The van der Waals surface area contributed by atoms with Crippen molar-refractivity contribution in [2.45, 2.75) is 30.4 Å². The number of likely N-dealkylation sites (N-methyl/N-ethyl adjacent to an activating group) is 2. The first-order chi connectivity index (χ1) is 21.3. The van der Waals surface area contributed by atoms with E-state index in [1.165, 1.54) is 12.1 Å². The third kappa shape index (κ3) is 5.90. The molecule has 2 N–H and O–H groups in total. The van der Waals surface area contributed by atoms with Gasteiger partial charge in [-0.3, -0.25) is 9.59 Å². The van der Waals surface area contributed by atoms with Crippen LogP contribution in [-0.4, -0.2) is 51.0 Å². The highest BCUT2D eigenvalue weighted by Gasteiger charge is 2.45. The molecule has 1 aliphatic carbocycles. The summed E-state index contributed by atoms with van der Waals surface area (Å²) in [4.78, 5) is 28.8. The first-order valence-electron chi connectivity index (χ1n) is 14.9. The van der Waals surface area contributed by atoms with Crippen LogP contribution in [0.4, 0.5) is 4.39 Å². The van der Waals surface area contributed by atoms with E-state index < -0.39 is 12.0 Å². The van der Waals surface area contributed by atoms with Gasteiger partial charge in [-0.2, -0.15) is 0 Å². The summed E-state index contributed by atoms with van der Waals surface area (Å²) in [6.45, 7) is 1.18. The van der Waals surface area contributed by atoms with E-state index in [9.17, 15) is 14.0 Å². The average Bonchev–Trinajstić information content (AvgIpc) is 3.72. The highest BCUT2D eigenvalue weighted by molar-refractivity contribution is 5.97. The molecule has 0 bridgehead atoms. The molecule has 8 heteroatoms. The SMILES string of the molecule is CNC(=O)C1c2cc(-c3cc(C(=O)NC4(c5ccccc5)CC4)ccc3OCCN(C)C)ccc2OC1c1ccc(F)cc1. The van der Waals surface area contributed by atoms with Crippen LogP contribution >= 0.6 is 0 Å². The maximum atomic E-state index is 13.7. The van der Waals surface area contributed by atoms with E-state index in [1.54, 1.807) is 25.2 Å². The van der Waals surface area contributed by atoms with E-state index in [2.05, 4.69) is 22.8 Å². The maximum absolute atomic E-state index is 13.7. The molecule has 1 heterocycles. The van der Waals surface area contributed by atoms with E-state index >= 15 is 0 Å². The minimum atomic E-state index is -0.648. The highest BCUT2D eigenvalue weighted by atomic mass is 19.1. The van der Waals surface area contributed by atoms with Crippen molar-refractivity contribution < 1.29 is 23.5 Å². The van der Waals surface area contributed by atoms with Crippen molar-refractivity contribution in [1.29, 1.82) is 0 Å². The molecule has 6 rings (SSSR count). The summed E-state index contributed by atoms with van der Waals surface area (Å²) in [7, 11) is 5.55. The Bertz CT molecular complexity index is 1670. The van der Waals surface area contributed by atoms with Gasteiger partial charge in [0.05, 0.1) is 5.54 Å². The quantitative estimate of drug-likeness (QED) is 0.243. The molecule has 2 aliphatic rings. The Kier molecular flexibility index (Phi) is 8.10. The molecule has 0 spiro atoms. The summed E-state index contributed by atoms with van der Waals surface area (Å²) in [6.07, 6.45) is 1.17. The average molecular weight is 594 g/mol. The molecule has 0 saturated heterocycles. The topological polar surface area (TPSA) is 79.9 Å². The third-order valence-electron chi connectivity index (χ3n) is 8.41. The van der Waals surface area contributed by atoms with Crippen LogP contribution in [0.1, 0.15) is 51.9 Å². The maximum Gasteiger partial charge on any atom is 0.251 e. The Labute approximate surface area is 257 Å². The fourth-order valence-electron chi connectivity index (χ4n) is 5.80. The molecule has 2 unspecified atom stereocenters. The number of nitrogens with one attached hydrogen (secondary N) is 2. The van der Waals surface area contributed by atoms with Gasteiger partial charge in [-0.15, -0.1) is 0 Å². The first kappa shape index (κ1) is 29.4. The summed E-state index contributed by atoms with van der Waals surface area (Å²) in [5, 5.41) is 6.03. The fraction of sp³-hybridized carbons (Fsp3) is 0.278. The van der Waals surface area contributed by atoms with Crippen molar-refractivity contribution in [1.82, 2.24) is 15.5 Å². The monoisotopic (exact) mass is 593 g/mol. The predicted molar refractivity (Wildman–Crippen MR) is 167 cm³/mol. The summed E-state index contributed by atoms with van der Waals surface area (Å²) in [5.74, 6) is -0.147. The van der Waals surface area contributed by atoms with Crippen LogP contribution < -0.4 is 20.1 Å². The third-order valence-corrected chi connectivity index (χ3v) is 8.41. The van der Waals surface area contributed by atoms with Gasteiger partial charge >= 0.3 is 0 Å². The lowest BCUT2D eigenvalue weighted by molar-refractivity contribution is -0.123. The number of rotatable bonds is 10. The van der Waals surface area contributed by atoms with Crippen molar-refractivity contribution in [2.24, 2.45) is 0 Å². The number of carbonyl (C=O) groups excluding carboxylic acids is 2. The Morgan fingerprint density at radius 2 is 1.73 bits per heavy atom. The molecule has 0 radical (unpaired) electrons. The number of benzene rings is 4. The van der Waals surface area contributed by atoms with E-state index in [4.69, 9.17) is 9.47 Å². The summed E-state index contributed by atoms with van der Waals surface area (Å²) < 4.78 is 26.2. The number of hydrogen-bond donors (Lipinski definition) is 2. The van der Waals surface area contributed by atoms with Gasteiger partial charge in [-0.1, -0.05) is 48.5 Å². The van der Waals surface area contributed by atoms with Gasteiger partial charge in [0.1, 0.15) is 35.9 Å². The van der Waals surface area contributed by atoms with Crippen LogP contribution in [0, 0.1) is 5.82 Å². The summed E-state index contributed by atoms with van der Waals surface area (Å²) in [5.41, 5.74) is 4.23. The van der Waals surface area contributed by atoms with Crippen molar-refractivity contribution in [3.8, 4) is 22.6 Å². The number of nitrogens with zero attached hydrogens (tertiary/aromatic N) is 1. The van der Waals surface area contributed by atoms with Crippen LogP contribution in [0.15, 0.2) is 91.0 Å². The second-order valence-corrected chi connectivity index (χ2v) is 11.7. The molecule has 226 valence electrons. The van der Waals surface area contributed by atoms with Crippen LogP contribution in [0.25, 0.3) is 11.1 Å². The van der Waals surface area contributed by atoms with Gasteiger partial charge in [0, 0.05) is 30.3 Å². The Morgan fingerprint density at radius 1 is 0.977 bits per heavy atom. The lowest BCUT2D eigenvalue weighted by Crippen LogP contribution is -2.34. The Hall–Kier alpha value is -4.69. The van der Waals surface area contributed by atoms with Gasteiger partial charge in [0.25, 0.3) is 5.91 Å². The Morgan fingerprint density at radius 3 is 2.41 bits per heavy atom. The van der Waals surface area contributed by atoms with E-state index in [1.807, 2.05) is 67.5 Å². The van der Waals surface area contributed by atoms with Crippen molar-refractivity contribution >= 4 is 11.8 Å². The van der Waals surface area contributed by atoms with Crippen LogP contribution in [0.3, 0.4) is 0 Å². The first-order valence-corrected chi connectivity index (χ1v) is 14.9. The predicted octanol–water partition coefficient (Wildman–Crippen LogP) is 5.82. The van der Waals surface area contributed by atoms with E-state index in [0.717, 1.165) is 36.1 Å². The van der Waals surface area contributed by atoms with Crippen molar-refractivity contribution in [3.05, 3.63) is 119 Å². The standard InChI is InChI=1S/C36H36FN3O4/c1-38-35(42)32-29-21-24(11-16-31(29)44-33(32)23-9-13-27(37)14-10-23)28-22-25(12-15-30(28)43-20-19-40(2)3)34(41)39-36(17-18-36)26-7-5-4-6-8-26/h4-16,21-22,32-33H,17-20H2,1-3H3,(H,38,42)(H,39,41). The van der Waals surface area contributed by atoms with E-state index in [-0.39, 0.29) is 23.2 Å².